The standard InChI is InChI=1S/C18H27N3O4S.C3H7NO.2C2H6.CH4/c1-9(2)13-14-10(3)15(18(25-8-22)21(14)17(13)24)26-11-6-12(19-7-11)16(23)20(4)5;1-3(5)2-4;2*1-2;/h8-14,19H,6-7H2,1-5H3;2,4H2,1H3;2*1-2H3;1H4. The molecule has 2 amide bonds. The number of hydrogen-bond donors (Lipinski definition) is 2. The lowest BCUT2D eigenvalue weighted by molar-refractivity contribution is -0.160. The molecular formula is C26H50N4O5S. The van der Waals surface area contributed by atoms with Crippen molar-refractivity contribution < 1.29 is 23.9 Å². The number of likely N-dealkylation sites (N-methyl/N-ethyl adjacent to an activating group) is 1. The molecular weight excluding hydrogens is 480 g/mol. The van der Waals surface area contributed by atoms with E-state index in [1.165, 1.54) is 6.92 Å². The van der Waals surface area contributed by atoms with Crippen molar-refractivity contribution in [2.45, 2.75) is 86.6 Å². The van der Waals surface area contributed by atoms with E-state index in [4.69, 9.17) is 10.5 Å². The van der Waals surface area contributed by atoms with E-state index in [2.05, 4.69) is 26.1 Å². The van der Waals surface area contributed by atoms with Crippen molar-refractivity contribution in [3.63, 3.8) is 0 Å². The zero-order valence-electron chi connectivity index (χ0n) is 23.1. The third kappa shape index (κ3) is 8.59. The fraction of sp³-hybridized carbons (Fsp3) is 0.769. The summed E-state index contributed by atoms with van der Waals surface area (Å²) in [6.45, 7) is 16.9. The predicted octanol–water partition coefficient (Wildman–Crippen LogP) is 3.24. The number of ether oxygens (including phenoxy) is 1. The Morgan fingerprint density at radius 3 is 2.19 bits per heavy atom. The summed E-state index contributed by atoms with van der Waals surface area (Å²) in [4.78, 5) is 49.6. The molecule has 2 fully saturated rings. The van der Waals surface area contributed by atoms with Gasteiger partial charge < -0.3 is 20.7 Å². The lowest BCUT2D eigenvalue weighted by atomic mass is 9.76. The molecule has 0 bridgehead atoms. The van der Waals surface area contributed by atoms with Crippen LogP contribution in [0, 0.1) is 17.8 Å². The molecule has 210 valence electrons. The van der Waals surface area contributed by atoms with Gasteiger partial charge >= 0.3 is 0 Å². The maximum Gasteiger partial charge on any atom is 0.299 e. The van der Waals surface area contributed by atoms with Crippen LogP contribution in [-0.4, -0.2) is 78.4 Å². The number of Topliss-reactive ketones (excluding diaryl/α,β-unsaturated/α-hetero) is 1. The number of amides is 2. The van der Waals surface area contributed by atoms with Gasteiger partial charge in [-0.1, -0.05) is 55.9 Å². The molecule has 0 spiro atoms. The van der Waals surface area contributed by atoms with Crippen LogP contribution in [0.1, 0.15) is 69.2 Å². The van der Waals surface area contributed by atoms with Crippen LogP contribution in [0.15, 0.2) is 10.8 Å². The molecule has 3 N–H and O–H groups in total. The van der Waals surface area contributed by atoms with Crippen molar-refractivity contribution in [3.05, 3.63) is 10.8 Å². The Morgan fingerprint density at radius 1 is 1.25 bits per heavy atom. The lowest BCUT2D eigenvalue weighted by Crippen LogP contribution is -2.61. The zero-order chi connectivity index (χ0) is 27.5. The van der Waals surface area contributed by atoms with Crippen LogP contribution in [0.3, 0.4) is 0 Å². The molecule has 2 saturated heterocycles. The Morgan fingerprint density at radius 2 is 1.78 bits per heavy atom. The van der Waals surface area contributed by atoms with E-state index in [-0.39, 0.29) is 66.7 Å². The number of nitrogens with zero attached hydrogens (tertiary/aromatic N) is 2. The van der Waals surface area contributed by atoms with Gasteiger partial charge in [0.25, 0.3) is 6.47 Å². The van der Waals surface area contributed by atoms with E-state index in [0.29, 0.717) is 18.9 Å². The van der Waals surface area contributed by atoms with Gasteiger partial charge in [0.1, 0.15) is 5.78 Å². The van der Waals surface area contributed by atoms with Crippen LogP contribution in [0.4, 0.5) is 0 Å². The summed E-state index contributed by atoms with van der Waals surface area (Å²) in [7, 11) is 3.51. The van der Waals surface area contributed by atoms with Crippen molar-refractivity contribution in [2.24, 2.45) is 23.5 Å². The monoisotopic (exact) mass is 530 g/mol. The van der Waals surface area contributed by atoms with Gasteiger partial charge in [0.15, 0.2) is 0 Å². The van der Waals surface area contributed by atoms with Gasteiger partial charge in [-0.05, 0) is 19.3 Å². The SMILES string of the molecule is C.CC.CC.CC(=O)CN.CC(C)C1C(=O)N2C(OC=O)=C(SC3CNC(C(=O)N(C)C)C3)C(C)C12. The topological polar surface area (TPSA) is 122 Å². The van der Waals surface area contributed by atoms with E-state index in [1.807, 2.05) is 27.7 Å². The Balaban J connectivity index is 0. The molecule has 0 radical (unpaired) electrons. The number of carbonyl (C=O) groups is 4. The predicted molar refractivity (Wildman–Crippen MR) is 148 cm³/mol. The van der Waals surface area contributed by atoms with E-state index in [1.54, 1.807) is 35.7 Å². The molecule has 0 aromatic rings. The van der Waals surface area contributed by atoms with Gasteiger partial charge in [0, 0.05) is 31.8 Å². The second-order valence-electron chi connectivity index (χ2n) is 8.72. The number of ketones is 1. The van der Waals surface area contributed by atoms with Crippen LogP contribution >= 0.6 is 11.8 Å². The molecule has 3 rings (SSSR count). The van der Waals surface area contributed by atoms with Gasteiger partial charge in [0.05, 0.1) is 29.5 Å². The van der Waals surface area contributed by atoms with Gasteiger partial charge in [-0.25, -0.2) is 0 Å². The molecule has 3 aliphatic heterocycles. The average Bonchev–Trinajstić information content (AvgIpc) is 3.38. The Labute approximate surface area is 222 Å². The van der Waals surface area contributed by atoms with Crippen molar-refractivity contribution >= 4 is 35.8 Å². The summed E-state index contributed by atoms with van der Waals surface area (Å²) in [5.74, 6) is 0.890. The molecule has 3 heterocycles. The highest BCUT2D eigenvalue weighted by Gasteiger charge is 2.59. The van der Waals surface area contributed by atoms with Crippen molar-refractivity contribution in [1.82, 2.24) is 15.1 Å². The van der Waals surface area contributed by atoms with Crippen LogP contribution in [0.2, 0.25) is 0 Å². The number of carbonyl (C=O) groups excluding carboxylic acids is 4. The molecule has 3 aliphatic rings. The highest BCUT2D eigenvalue weighted by Crippen LogP contribution is 2.52. The minimum Gasteiger partial charge on any atom is -0.411 e. The van der Waals surface area contributed by atoms with Gasteiger partial charge in [0.2, 0.25) is 17.7 Å². The van der Waals surface area contributed by atoms with E-state index in [0.717, 1.165) is 11.3 Å². The summed E-state index contributed by atoms with van der Waals surface area (Å²) < 4.78 is 5.23. The van der Waals surface area contributed by atoms with E-state index in [9.17, 15) is 19.2 Å². The number of thioether (sulfide) groups is 1. The second-order valence-corrected chi connectivity index (χ2v) is 10.1. The molecule has 5 atom stereocenters. The van der Waals surface area contributed by atoms with Crippen LogP contribution in [-0.2, 0) is 23.9 Å². The molecule has 0 aliphatic carbocycles. The normalized spacial score (nSPS) is 25.5. The summed E-state index contributed by atoms with van der Waals surface area (Å²) in [5.41, 5.74) is 4.82. The molecule has 36 heavy (non-hydrogen) atoms. The average molecular weight is 531 g/mol. The van der Waals surface area contributed by atoms with Crippen LogP contribution in [0.5, 0.6) is 0 Å². The number of nitrogens with one attached hydrogen (secondary N) is 1. The molecule has 0 aromatic heterocycles. The third-order valence-electron chi connectivity index (χ3n) is 5.83. The number of fused-ring (bicyclic) bond motifs is 1. The van der Waals surface area contributed by atoms with Gasteiger partial charge in [-0.2, -0.15) is 0 Å². The third-order valence-corrected chi connectivity index (χ3v) is 7.33. The molecule has 5 unspecified atom stereocenters. The summed E-state index contributed by atoms with van der Waals surface area (Å²) in [5, 5.41) is 3.48. The number of rotatable bonds is 7. The Hall–Kier alpha value is -1.91. The molecule has 10 heteroatoms. The highest BCUT2D eigenvalue weighted by molar-refractivity contribution is 8.03. The first-order valence-corrected chi connectivity index (χ1v) is 13.4. The van der Waals surface area contributed by atoms with E-state index >= 15 is 0 Å². The maximum absolute atomic E-state index is 12.5. The molecule has 0 saturated carbocycles. The highest BCUT2D eigenvalue weighted by atomic mass is 32.2. The number of nitrogens with two attached hydrogens (primary N) is 1. The first-order chi connectivity index (χ1) is 16.5. The second kappa shape index (κ2) is 17.5. The maximum atomic E-state index is 12.5. The Kier molecular flexibility index (Phi) is 17.6. The largest absolute Gasteiger partial charge is 0.411 e. The zero-order valence-corrected chi connectivity index (χ0v) is 23.9. The smallest absolute Gasteiger partial charge is 0.299 e. The fourth-order valence-electron chi connectivity index (χ4n) is 4.24. The van der Waals surface area contributed by atoms with Gasteiger partial charge in [-0.15, -0.1) is 11.8 Å². The van der Waals surface area contributed by atoms with Gasteiger partial charge in [-0.3, -0.25) is 24.1 Å². The minimum atomic E-state index is -0.183. The Bertz CT molecular complexity index is 757. The number of β-lactam (4-membered cyclic amide) rings is 1. The number of hydrogen-bond acceptors (Lipinski definition) is 8. The quantitative estimate of drug-likeness (QED) is 0.380. The summed E-state index contributed by atoms with van der Waals surface area (Å²) in [6, 6.07) is -0.120. The first-order valence-electron chi connectivity index (χ1n) is 12.5. The fourth-order valence-corrected chi connectivity index (χ4v) is 5.67. The van der Waals surface area contributed by atoms with Crippen molar-refractivity contribution in [3.8, 4) is 0 Å². The van der Waals surface area contributed by atoms with E-state index < -0.39 is 0 Å². The van der Waals surface area contributed by atoms with Crippen LogP contribution in [0.25, 0.3) is 0 Å². The molecule has 0 aromatic carbocycles. The minimum absolute atomic E-state index is 0. The van der Waals surface area contributed by atoms with Crippen molar-refractivity contribution in [2.75, 3.05) is 27.2 Å². The van der Waals surface area contributed by atoms with Crippen LogP contribution < -0.4 is 11.1 Å². The lowest BCUT2D eigenvalue weighted by Gasteiger charge is -2.46. The first kappa shape index (κ1) is 36.2. The summed E-state index contributed by atoms with van der Waals surface area (Å²) in [6.07, 6.45) is 0.721. The summed E-state index contributed by atoms with van der Waals surface area (Å²) >= 11 is 1.64. The van der Waals surface area contributed by atoms with Crippen molar-refractivity contribution in [1.29, 1.82) is 0 Å². The molecule has 9 nitrogen and oxygen atoms in total.